The first-order valence-corrected chi connectivity index (χ1v) is 9.27. The summed E-state index contributed by atoms with van der Waals surface area (Å²) in [7, 11) is 0. The second kappa shape index (κ2) is 15.2. The van der Waals surface area contributed by atoms with Gasteiger partial charge in [0.05, 0.1) is 21.2 Å². The topological polar surface area (TPSA) is 146 Å². The van der Waals surface area contributed by atoms with Crippen molar-refractivity contribution in [1.29, 1.82) is 0 Å². The molecular weight excluding hydrogens is 370 g/mol. The summed E-state index contributed by atoms with van der Waals surface area (Å²) in [5.41, 5.74) is -0.340. The minimum atomic E-state index is -0.632. The van der Waals surface area contributed by atoms with E-state index in [2.05, 4.69) is 0 Å². The number of unbranched alkanes of at least 4 members (excludes halogenated alkanes) is 5. The number of aldehydes is 1. The molecule has 0 aromatic carbocycles. The van der Waals surface area contributed by atoms with Gasteiger partial charge >= 0.3 is 0 Å². The van der Waals surface area contributed by atoms with Crippen LogP contribution < -0.4 is 0 Å². The van der Waals surface area contributed by atoms with Gasteiger partial charge in [-0.25, -0.2) is 0 Å². The molecule has 156 valence electrons. The number of carbonyl (C=O) groups is 1. The lowest BCUT2D eigenvalue weighted by atomic mass is 10.1. The third-order valence-electron chi connectivity index (χ3n) is 4.07. The Kier molecular flexibility index (Phi) is 13.6. The van der Waals surface area contributed by atoms with E-state index in [1.807, 2.05) is 0 Å². The number of nitro groups is 3. The number of rotatable bonds is 16. The van der Waals surface area contributed by atoms with Gasteiger partial charge in [0.1, 0.15) is 6.29 Å². The largest absolute Gasteiger partial charge is 0.303 e. The van der Waals surface area contributed by atoms with Gasteiger partial charge in [0.25, 0.3) is 0 Å². The lowest BCUT2D eigenvalue weighted by Crippen LogP contribution is -2.02. The van der Waals surface area contributed by atoms with Crippen LogP contribution >= 0.6 is 0 Å². The summed E-state index contributed by atoms with van der Waals surface area (Å²) in [5.74, 6) is 0. The minimum absolute atomic E-state index is 0.0168. The fourth-order valence-electron chi connectivity index (χ4n) is 2.47. The zero-order valence-corrected chi connectivity index (χ0v) is 16.1. The van der Waals surface area contributed by atoms with Gasteiger partial charge in [0.15, 0.2) is 0 Å². The smallest absolute Gasteiger partial charge is 0.246 e. The van der Waals surface area contributed by atoms with Crippen molar-refractivity contribution in [3.8, 4) is 0 Å². The van der Waals surface area contributed by atoms with Gasteiger partial charge in [-0.05, 0) is 37.5 Å². The first-order chi connectivity index (χ1) is 13.3. The number of allylic oxidation sites excluding steroid dienone is 5. The van der Waals surface area contributed by atoms with Crippen LogP contribution in [0, 0.1) is 30.3 Å². The van der Waals surface area contributed by atoms with E-state index in [9.17, 15) is 35.1 Å². The van der Waals surface area contributed by atoms with E-state index < -0.39 is 14.8 Å². The highest BCUT2D eigenvalue weighted by molar-refractivity contribution is 5.48. The standard InChI is InChI=1S/C18H27N3O7/c1-2-16(19(23)24)11-9-12-18(21(27)28)14-13-17(20(25)26)10-7-5-3-4-6-8-15-22/h11-13,15H,2-10,14H2,1H3/b16-11+,17-13+,18-12+. The van der Waals surface area contributed by atoms with Crippen molar-refractivity contribution in [3.05, 3.63) is 65.7 Å². The fourth-order valence-corrected chi connectivity index (χ4v) is 2.47. The highest BCUT2D eigenvalue weighted by Gasteiger charge is 2.15. The van der Waals surface area contributed by atoms with Crippen molar-refractivity contribution in [2.24, 2.45) is 0 Å². The van der Waals surface area contributed by atoms with Crippen molar-refractivity contribution in [3.63, 3.8) is 0 Å². The average molecular weight is 397 g/mol. The second-order valence-corrected chi connectivity index (χ2v) is 6.12. The van der Waals surface area contributed by atoms with Crippen LogP contribution in [0.1, 0.15) is 71.1 Å². The molecule has 0 aliphatic heterocycles. The Morgan fingerprint density at radius 2 is 1.29 bits per heavy atom. The summed E-state index contributed by atoms with van der Waals surface area (Å²) < 4.78 is 0. The maximum absolute atomic E-state index is 11.1. The molecule has 0 aromatic heterocycles. The monoisotopic (exact) mass is 397 g/mol. The Balaban J connectivity index is 4.76. The number of carbonyl (C=O) groups excluding carboxylic acids is 1. The molecule has 0 heterocycles. The summed E-state index contributed by atoms with van der Waals surface area (Å²) >= 11 is 0. The molecule has 10 heteroatoms. The lowest BCUT2D eigenvalue weighted by molar-refractivity contribution is -0.432. The highest BCUT2D eigenvalue weighted by Crippen LogP contribution is 2.15. The van der Waals surface area contributed by atoms with E-state index in [1.54, 1.807) is 6.92 Å². The Bertz CT molecular complexity index is 639. The highest BCUT2D eigenvalue weighted by atomic mass is 16.6. The molecule has 0 atom stereocenters. The van der Waals surface area contributed by atoms with Gasteiger partial charge in [0.2, 0.25) is 17.1 Å². The van der Waals surface area contributed by atoms with E-state index in [4.69, 9.17) is 0 Å². The predicted molar refractivity (Wildman–Crippen MR) is 103 cm³/mol. The van der Waals surface area contributed by atoms with E-state index in [0.717, 1.165) is 32.0 Å². The molecule has 0 amide bonds. The lowest BCUT2D eigenvalue weighted by Gasteiger charge is -2.00. The van der Waals surface area contributed by atoms with Crippen LogP contribution in [0.15, 0.2) is 35.3 Å². The molecule has 10 nitrogen and oxygen atoms in total. The van der Waals surface area contributed by atoms with Gasteiger partial charge in [-0.1, -0.05) is 26.2 Å². The molecule has 0 aliphatic carbocycles. The van der Waals surface area contributed by atoms with Crippen molar-refractivity contribution < 1.29 is 19.6 Å². The Labute approximate surface area is 163 Å². The summed E-state index contributed by atoms with van der Waals surface area (Å²) in [6.45, 7) is 1.61. The van der Waals surface area contributed by atoms with E-state index in [-0.39, 0.29) is 42.8 Å². The normalized spacial score (nSPS) is 12.7. The Hall–Kier alpha value is -2.91. The number of nitrogens with zero attached hydrogens (tertiary/aromatic N) is 3. The maximum atomic E-state index is 11.1. The SMILES string of the molecule is CC/C(=C\C/C=C(\C/C=C(\CCCCCCCC=O)[N+](=O)[O-])[N+](=O)[O-])[N+](=O)[O-]. The third-order valence-corrected chi connectivity index (χ3v) is 4.07. The molecule has 0 rings (SSSR count). The zero-order valence-electron chi connectivity index (χ0n) is 16.1. The van der Waals surface area contributed by atoms with Crippen LogP contribution in [-0.2, 0) is 4.79 Å². The molecule has 0 fully saturated rings. The summed E-state index contributed by atoms with van der Waals surface area (Å²) in [6.07, 6.45) is 9.33. The molecule has 0 unspecified atom stereocenters. The van der Waals surface area contributed by atoms with Crippen molar-refractivity contribution in [2.45, 2.75) is 71.1 Å². The third kappa shape index (κ3) is 11.7. The van der Waals surface area contributed by atoms with Crippen LogP contribution in [-0.4, -0.2) is 21.1 Å². The fraction of sp³-hybridized carbons (Fsp3) is 0.611. The van der Waals surface area contributed by atoms with Crippen LogP contribution in [0.2, 0.25) is 0 Å². The van der Waals surface area contributed by atoms with E-state index >= 15 is 0 Å². The van der Waals surface area contributed by atoms with Gasteiger partial charge in [-0.3, -0.25) is 30.3 Å². The van der Waals surface area contributed by atoms with Crippen molar-refractivity contribution >= 4 is 6.29 Å². The van der Waals surface area contributed by atoms with Crippen LogP contribution in [0.3, 0.4) is 0 Å². The Morgan fingerprint density at radius 3 is 1.82 bits per heavy atom. The quantitative estimate of drug-likeness (QED) is 0.160. The van der Waals surface area contributed by atoms with Crippen LogP contribution in [0.25, 0.3) is 0 Å². The first kappa shape index (κ1) is 25.1. The predicted octanol–water partition coefficient (Wildman–Crippen LogP) is 4.59. The second-order valence-electron chi connectivity index (χ2n) is 6.12. The summed E-state index contributed by atoms with van der Waals surface area (Å²) in [4.78, 5) is 41.4. The average Bonchev–Trinajstić information content (AvgIpc) is 2.63. The minimum Gasteiger partial charge on any atom is -0.303 e. The van der Waals surface area contributed by atoms with Crippen molar-refractivity contribution in [2.75, 3.05) is 0 Å². The number of hydrogen-bond donors (Lipinski definition) is 0. The molecular formula is C18H27N3O7. The van der Waals surface area contributed by atoms with E-state index in [1.165, 1.54) is 18.2 Å². The molecule has 0 aliphatic rings. The maximum Gasteiger partial charge on any atom is 0.246 e. The van der Waals surface area contributed by atoms with Crippen molar-refractivity contribution in [1.82, 2.24) is 0 Å². The zero-order chi connectivity index (χ0) is 21.4. The summed E-state index contributed by atoms with van der Waals surface area (Å²) in [6, 6.07) is 0. The molecule has 0 saturated carbocycles. The molecule has 0 aromatic rings. The Morgan fingerprint density at radius 1 is 0.750 bits per heavy atom. The van der Waals surface area contributed by atoms with Crippen LogP contribution in [0.5, 0.6) is 0 Å². The number of hydrogen-bond acceptors (Lipinski definition) is 7. The molecule has 0 spiro atoms. The molecule has 0 N–H and O–H groups in total. The molecule has 0 bridgehead atoms. The van der Waals surface area contributed by atoms with Crippen LogP contribution in [0.4, 0.5) is 0 Å². The molecule has 0 saturated heterocycles. The van der Waals surface area contributed by atoms with Gasteiger partial charge in [-0.15, -0.1) is 0 Å². The van der Waals surface area contributed by atoms with Gasteiger partial charge in [-0.2, -0.15) is 0 Å². The molecule has 28 heavy (non-hydrogen) atoms. The van der Waals surface area contributed by atoms with E-state index in [0.29, 0.717) is 12.8 Å². The first-order valence-electron chi connectivity index (χ1n) is 9.27. The molecule has 0 radical (unpaired) electrons. The summed E-state index contributed by atoms with van der Waals surface area (Å²) in [5, 5.41) is 32.9. The van der Waals surface area contributed by atoms with Gasteiger partial charge < -0.3 is 4.79 Å². The van der Waals surface area contributed by atoms with Gasteiger partial charge in [0, 0.05) is 19.3 Å².